The van der Waals surface area contributed by atoms with Gasteiger partial charge in [0.05, 0.1) is 19.1 Å². The van der Waals surface area contributed by atoms with Gasteiger partial charge in [0, 0.05) is 0 Å². The number of esters is 1. The van der Waals surface area contributed by atoms with Crippen LogP contribution in [0.1, 0.15) is 41.0 Å². The van der Waals surface area contributed by atoms with Gasteiger partial charge in [0.2, 0.25) is 0 Å². The van der Waals surface area contributed by atoms with E-state index in [4.69, 9.17) is 14.2 Å². The summed E-state index contributed by atoms with van der Waals surface area (Å²) in [6.45, 7) is 9.71. The summed E-state index contributed by atoms with van der Waals surface area (Å²) in [4.78, 5) is 23.0. The predicted molar refractivity (Wildman–Crippen MR) is 67.1 cm³/mol. The minimum atomic E-state index is -0.747. The SMILES string of the molecule is CCOC(=O)OC(C)C(CC(C)C)C(=O)OCC. The Labute approximate surface area is 109 Å². The molecule has 106 valence electrons. The van der Waals surface area contributed by atoms with Crippen LogP contribution in [0.5, 0.6) is 0 Å². The van der Waals surface area contributed by atoms with E-state index < -0.39 is 18.2 Å². The maximum Gasteiger partial charge on any atom is 0.508 e. The molecule has 18 heavy (non-hydrogen) atoms. The van der Waals surface area contributed by atoms with E-state index in [9.17, 15) is 9.59 Å². The molecule has 5 nitrogen and oxygen atoms in total. The van der Waals surface area contributed by atoms with Gasteiger partial charge in [-0.05, 0) is 33.1 Å². The van der Waals surface area contributed by atoms with Crippen molar-refractivity contribution >= 4 is 12.1 Å². The van der Waals surface area contributed by atoms with Gasteiger partial charge in [0.15, 0.2) is 0 Å². The van der Waals surface area contributed by atoms with Gasteiger partial charge in [0.25, 0.3) is 0 Å². The highest BCUT2D eigenvalue weighted by atomic mass is 16.7. The molecule has 0 rings (SSSR count). The number of carbonyl (C=O) groups excluding carboxylic acids is 2. The van der Waals surface area contributed by atoms with Crippen LogP contribution >= 0.6 is 0 Å². The molecular weight excluding hydrogens is 236 g/mol. The van der Waals surface area contributed by atoms with Crippen LogP contribution in [0.15, 0.2) is 0 Å². The zero-order chi connectivity index (χ0) is 14.1. The summed E-state index contributed by atoms with van der Waals surface area (Å²) in [5, 5.41) is 0. The Balaban J connectivity index is 4.53. The lowest BCUT2D eigenvalue weighted by Gasteiger charge is -2.23. The fourth-order valence-electron chi connectivity index (χ4n) is 1.62. The van der Waals surface area contributed by atoms with E-state index in [2.05, 4.69) is 0 Å². The number of carbonyl (C=O) groups is 2. The zero-order valence-corrected chi connectivity index (χ0v) is 11.9. The Kier molecular flexibility index (Phi) is 8.16. The van der Waals surface area contributed by atoms with Gasteiger partial charge in [-0.1, -0.05) is 13.8 Å². The topological polar surface area (TPSA) is 61.8 Å². The van der Waals surface area contributed by atoms with Gasteiger partial charge >= 0.3 is 12.1 Å². The van der Waals surface area contributed by atoms with Crippen molar-refractivity contribution in [1.29, 1.82) is 0 Å². The fraction of sp³-hybridized carbons (Fsp3) is 0.846. The maximum atomic E-state index is 11.8. The molecule has 0 aromatic heterocycles. The Hall–Kier alpha value is -1.26. The van der Waals surface area contributed by atoms with Crippen molar-refractivity contribution in [2.75, 3.05) is 13.2 Å². The van der Waals surface area contributed by atoms with E-state index in [1.165, 1.54) is 0 Å². The van der Waals surface area contributed by atoms with Crippen LogP contribution in [-0.4, -0.2) is 31.4 Å². The molecule has 0 aliphatic carbocycles. The van der Waals surface area contributed by atoms with E-state index >= 15 is 0 Å². The van der Waals surface area contributed by atoms with Crippen LogP contribution in [0.25, 0.3) is 0 Å². The number of rotatable bonds is 7. The molecule has 0 aliphatic rings. The largest absolute Gasteiger partial charge is 0.508 e. The van der Waals surface area contributed by atoms with Crippen molar-refractivity contribution in [1.82, 2.24) is 0 Å². The molecule has 0 bridgehead atoms. The molecule has 0 aromatic carbocycles. The summed E-state index contributed by atoms with van der Waals surface area (Å²) >= 11 is 0. The fourth-order valence-corrected chi connectivity index (χ4v) is 1.62. The third kappa shape index (κ3) is 6.47. The van der Waals surface area contributed by atoms with Crippen LogP contribution in [-0.2, 0) is 19.0 Å². The molecule has 0 spiro atoms. The van der Waals surface area contributed by atoms with Crippen LogP contribution in [0, 0.1) is 11.8 Å². The lowest BCUT2D eigenvalue weighted by atomic mass is 9.93. The summed E-state index contributed by atoms with van der Waals surface area (Å²) in [6.07, 6.45) is -0.687. The number of hydrogen-bond acceptors (Lipinski definition) is 5. The second-order valence-electron chi connectivity index (χ2n) is 4.49. The highest BCUT2D eigenvalue weighted by Crippen LogP contribution is 2.20. The Morgan fingerprint density at radius 3 is 2.00 bits per heavy atom. The van der Waals surface area contributed by atoms with Gasteiger partial charge in [0.1, 0.15) is 6.10 Å². The monoisotopic (exact) mass is 260 g/mol. The van der Waals surface area contributed by atoms with E-state index in [0.717, 1.165) is 0 Å². The van der Waals surface area contributed by atoms with Gasteiger partial charge in [-0.2, -0.15) is 0 Å². The molecule has 0 N–H and O–H groups in total. The van der Waals surface area contributed by atoms with Crippen molar-refractivity contribution in [2.24, 2.45) is 11.8 Å². The lowest BCUT2D eigenvalue weighted by Crippen LogP contribution is -2.33. The van der Waals surface area contributed by atoms with Gasteiger partial charge in [-0.3, -0.25) is 4.79 Å². The summed E-state index contributed by atoms with van der Waals surface area (Å²) in [5.74, 6) is -0.468. The molecule has 0 radical (unpaired) electrons. The molecular formula is C13H24O5. The van der Waals surface area contributed by atoms with Gasteiger partial charge in [-0.15, -0.1) is 0 Å². The maximum absolute atomic E-state index is 11.8. The average molecular weight is 260 g/mol. The summed E-state index contributed by atoms with van der Waals surface area (Å²) < 4.78 is 14.7. The normalized spacial score (nSPS) is 13.9. The van der Waals surface area contributed by atoms with Gasteiger partial charge in [-0.25, -0.2) is 4.79 Å². The average Bonchev–Trinajstić information content (AvgIpc) is 2.25. The van der Waals surface area contributed by atoms with E-state index in [-0.39, 0.29) is 12.6 Å². The Morgan fingerprint density at radius 1 is 1.00 bits per heavy atom. The molecule has 0 aliphatic heterocycles. The van der Waals surface area contributed by atoms with E-state index in [1.807, 2.05) is 13.8 Å². The zero-order valence-electron chi connectivity index (χ0n) is 11.9. The summed E-state index contributed by atoms with van der Waals surface area (Å²) in [6, 6.07) is 0. The first kappa shape index (κ1) is 16.7. The van der Waals surface area contributed by atoms with Crippen LogP contribution in [0.3, 0.4) is 0 Å². The predicted octanol–water partition coefficient (Wildman–Crippen LogP) is 2.77. The molecule has 2 unspecified atom stereocenters. The molecule has 0 fully saturated rings. The quantitative estimate of drug-likeness (QED) is 0.659. The second-order valence-corrected chi connectivity index (χ2v) is 4.49. The second kappa shape index (κ2) is 8.78. The van der Waals surface area contributed by atoms with Crippen LogP contribution < -0.4 is 0 Å². The van der Waals surface area contributed by atoms with Gasteiger partial charge < -0.3 is 14.2 Å². The van der Waals surface area contributed by atoms with Crippen molar-refractivity contribution in [3.63, 3.8) is 0 Å². The summed E-state index contributed by atoms with van der Waals surface area (Å²) in [7, 11) is 0. The molecule has 0 amide bonds. The van der Waals surface area contributed by atoms with Crippen LogP contribution in [0.2, 0.25) is 0 Å². The van der Waals surface area contributed by atoms with Crippen molar-refractivity contribution in [3.8, 4) is 0 Å². The first-order valence-corrected chi connectivity index (χ1v) is 6.42. The molecule has 2 atom stereocenters. The minimum absolute atomic E-state index is 0.250. The molecule has 0 saturated heterocycles. The van der Waals surface area contributed by atoms with Crippen molar-refractivity contribution < 1.29 is 23.8 Å². The molecule has 0 heterocycles. The third-order valence-corrected chi connectivity index (χ3v) is 2.43. The Morgan fingerprint density at radius 2 is 1.56 bits per heavy atom. The first-order valence-electron chi connectivity index (χ1n) is 6.42. The third-order valence-electron chi connectivity index (χ3n) is 2.43. The highest BCUT2D eigenvalue weighted by Gasteiger charge is 2.30. The standard InChI is InChI=1S/C13H24O5/c1-6-16-12(14)11(8-9(3)4)10(5)18-13(15)17-7-2/h9-11H,6-8H2,1-5H3. The van der Waals surface area contributed by atoms with E-state index in [1.54, 1.807) is 20.8 Å². The molecule has 0 saturated carbocycles. The minimum Gasteiger partial charge on any atom is -0.466 e. The van der Waals surface area contributed by atoms with Crippen molar-refractivity contribution in [2.45, 2.75) is 47.1 Å². The lowest BCUT2D eigenvalue weighted by molar-refractivity contribution is -0.153. The molecule has 0 aromatic rings. The molecule has 5 heteroatoms. The van der Waals surface area contributed by atoms with E-state index in [0.29, 0.717) is 18.9 Å². The smallest absolute Gasteiger partial charge is 0.466 e. The first-order chi connectivity index (χ1) is 8.42. The number of ether oxygens (including phenoxy) is 3. The highest BCUT2D eigenvalue weighted by molar-refractivity contribution is 5.73. The van der Waals surface area contributed by atoms with Crippen molar-refractivity contribution in [3.05, 3.63) is 0 Å². The summed E-state index contributed by atoms with van der Waals surface area (Å²) in [5.41, 5.74) is 0. The number of hydrogen-bond donors (Lipinski definition) is 0. The van der Waals surface area contributed by atoms with Crippen LogP contribution in [0.4, 0.5) is 4.79 Å². The Bertz CT molecular complexity index is 262.